The lowest BCUT2D eigenvalue weighted by molar-refractivity contribution is -0.132. The van der Waals surface area contributed by atoms with E-state index in [1.54, 1.807) is 11.3 Å². The number of nitrogens with one attached hydrogen (secondary N) is 1. The van der Waals surface area contributed by atoms with Crippen molar-refractivity contribution in [2.24, 2.45) is 5.92 Å². The molecule has 0 saturated carbocycles. The Kier molecular flexibility index (Phi) is 3.66. The van der Waals surface area contributed by atoms with E-state index in [1.165, 1.54) is 17.7 Å². The molecule has 2 fully saturated rings. The van der Waals surface area contributed by atoms with Crippen molar-refractivity contribution in [2.75, 3.05) is 19.6 Å². The molecular formula is C14H20N2OS. The molecule has 2 saturated heterocycles. The Bertz CT molecular complexity index is 404. The molecule has 4 heteroatoms. The number of hydrogen-bond donors (Lipinski definition) is 1. The highest BCUT2D eigenvalue weighted by molar-refractivity contribution is 7.10. The molecule has 3 nitrogen and oxygen atoms in total. The van der Waals surface area contributed by atoms with Crippen LogP contribution in [-0.4, -0.2) is 36.5 Å². The highest BCUT2D eigenvalue weighted by Gasteiger charge is 2.32. The van der Waals surface area contributed by atoms with Gasteiger partial charge in [0.1, 0.15) is 0 Å². The van der Waals surface area contributed by atoms with Crippen LogP contribution in [0.2, 0.25) is 0 Å². The lowest BCUT2D eigenvalue weighted by Crippen LogP contribution is -2.53. The lowest BCUT2D eigenvalue weighted by Gasteiger charge is -2.41. The van der Waals surface area contributed by atoms with E-state index in [1.807, 2.05) is 11.4 Å². The molecular weight excluding hydrogens is 244 g/mol. The monoisotopic (exact) mass is 264 g/mol. The standard InChI is InChI=1S/C14H20N2OS/c17-14(9-12-4-2-8-18-12)16-7-5-13-11(10-16)3-1-6-15-13/h2,4,8,11,13,15H,1,3,5-7,9-10H2/t11-,13+/m1/s1. The average Bonchev–Trinajstić information content (AvgIpc) is 2.91. The van der Waals surface area contributed by atoms with Gasteiger partial charge >= 0.3 is 0 Å². The number of hydrogen-bond acceptors (Lipinski definition) is 3. The highest BCUT2D eigenvalue weighted by atomic mass is 32.1. The topological polar surface area (TPSA) is 32.3 Å². The summed E-state index contributed by atoms with van der Waals surface area (Å²) < 4.78 is 0. The number of fused-ring (bicyclic) bond motifs is 1. The number of carbonyl (C=O) groups excluding carboxylic acids is 1. The van der Waals surface area contributed by atoms with Gasteiger partial charge in [-0.25, -0.2) is 0 Å². The minimum atomic E-state index is 0.307. The third kappa shape index (κ3) is 2.59. The number of amides is 1. The van der Waals surface area contributed by atoms with Crippen molar-refractivity contribution in [3.05, 3.63) is 22.4 Å². The van der Waals surface area contributed by atoms with Crippen LogP contribution in [0.3, 0.4) is 0 Å². The minimum Gasteiger partial charge on any atom is -0.342 e. The fourth-order valence-electron chi connectivity index (χ4n) is 3.15. The molecule has 1 N–H and O–H groups in total. The van der Waals surface area contributed by atoms with Crippen LogP contribution in [-0.2, 0) is 11.2 Å². The first-order chi connectivity index (χ1) is 8.83. The van der Waals surface area contributed by atoms with E-state index < -0.39 is 0 Å². The molecule has 3 rings (SSSR count). The Labute approximate surface area is 112 Å². The second-order valence-electron chi connectivity index (χ2n) is 5.35. The Balaban J connectivity index is 1.58. The lowest BCUT2D eigenvalue weighted by atomic mass is 9.85. The van der Waals surface area contributed by atoms with Crippen LogP contribution in [0.4, 0.5) is 0 Å². The zero-order valence-corrected chi connectivity index (χ0v) is 11.4. The summed E-state index contributed by atoms with van der Waals surface area (Å²) >= 11 is 1.68. The van der Waals surface area contributed by atoms with E-state index in [4.69, 9.17) is 0 Å². The molecule has 2 atom stereocenters. The number of carbonyl (C=O) groups is 1. The van der Waals surface area contributed by atoms with E-state index in [2.05, 4.69) is 16.3 Å². The summed E-state index contributed by atoms with van der Waals surface area (Å²) in [4.78, 5) is 15.5. The van der Waals surface area contributed by atoms with E-state index in [0.717, 1.165) is 26.1 Å². The van der Waals surface area contributed by atoms with Gasteiger partial charge in [-0.3, -0.25) is 4.79 Å². The van der Waals surface area contributed by atoms with Crippen LogP contribution < -0.4 is 5.32 Å². The summed E-state index contributed by atoms with van der Waals surface area (Å²) in [6.45, 7) is 3.05. The van der Waals surface area contributed by atoms with Gasteiger partial charge in [0, 0.05) is 24.0 Å². The minimum absolute atomic E-state index is 0.307. The molecule has 2 aliphatic rings. The third-order valence-electron chi connectivity index (χ3n) is 4.15. The summed E-state index contributed by atoms with van der Waals surface area (Å²) in [5.74, 6) is 0.987. The van der Waals surface area contributed by atoms with E-state index in [-0.39, 0.29) is 0 Å². The highest BCUT2D eigenvalue weighted by Crippen LogP contribution is 2.25. The SMILES string of the molecule is O=C(Cc1cccs1)N1CC[C@@H]2NCCC[C@@H]2C1. The maximum Gasteiger partial charge on any atom is 0.227 e. The number of nitrogens with zero attached hydrogens (tertiary/aromatic N) is 1. The largest absolute Gasteiger partial charge is 0.342 e. The molecule has 0 spiro atoms. The van der Waals surface area contributed by atoms with Crippen LogP contribution in [0, 0.1) is 5.92 Å². The molecule has 3 heterocycles. The van der Waals surface area contributed by atoms with Crippen LogP contribution in [0.25, 0.3) is 0 Å². The fourth-order valence-corrected chi connectivity index (χ4v) is 3.84. The molecule has 1 amide bonds. The van der Waals surface area contributed by atoms with Gasteiger partial charge < -0.3 is 10.2 Å². The maximum atomic E-state index is 12.3. The molecule has 0 aliphatic carbocycles. The van der Waals surface area contributed by atoms with Crippen molar-refractivity contribution in [3.63, 3.8) is 0 Å². The first kappa shape index (κ1) is 12.2. The smallest absolute Gasteiger partial charge is 0.227 e. The molecule has 0 radical (unpaired) electrons. The molecule has 18 heavy (non-hydrogen) atoms. The molecule has 0 bridgehead atoms. The maximum absolute atomic E-state index is 12.3. The summed E-state index contributed by atoms with van der Waals surface area (Å²) in [6.07, 6.45) is 4.25. The first-order valence-corrected chi connectivity index (χ1v) is 7.74. The van der Waals surface area contributed by atoms with Crippen LogP contribution in [0.5, 0.6) is 0 Å². The van der Waals surface area contributed by atoms with Crippen molar-refractivity contribution in [1.82, 2.24) is 10.2 Å². The van der Waals surface area contributed by atoms with Gasteiger partial charge in [0.25, 0.3) is 0 Å². The Morgan fingerprint density at radius 3 is 3.28 bits per heavy atom. The van der Waals surface area contributed by atoms with Gasteiger partial charge in [-0.2, -0.15) is 0 Å². The number of thiophene rings is 1. The summed E-state index contributed by atoms with van der Waals surface area (Å²) in [5.41, 5.74) is 0. The number of rotatable bonds is 2. The third-order valence-corrected chi connectivity index (χ3v) is 5.03. The van der Waals surface area contributed by atoms with Crippen molar-refractivity contribution < 1.29 is 4.79 Å². The van der Waals surface area contributed by atoms with Crippen molar-refractivity contribution >= 4 is 17.2 Å². The summed E-state index contributed by atoms with van der Waals surface area (Å²) in [7, 11) is 0. The Hall–Kier alpha value is -0.870. The zero-order valence-electron chi connectivity index (χ0n) is 10.6. The van der Waals surface area contributed by atoms with Crippen LogP contribution in [0.1, 0.15) is 24.1 Å². The predicted molar refractivity (Wildman–Crippen MR) is 73.7 cm³/mol. The zero-order chi connectivity index (χ0) is 12.4. The van der Waals surface area contributed by atoms with E-state index in [9.17, 15) is 4.79 Å². The first-order valence-electron chi connectivity index (χ1n) is 6.86. The summed E-state index contributed by atoms with van der Waals surface area (Å²) in [6, 6.07) is 4.73. The van der Waals surface area contributed by atoms with Gasteiger partial charge in [-0.1, -0.05) is 6.07 Å². The van der Waals surface area contributed by atoms with Gasteiger partial charge in [0.2, 0.25) is 5.91 Å². The molecule has 0 unspecified atom stereocenters. The molecule has 2 aliphatic heterocycles. The number of likely N-dealkylation sites (tertiary alicyclic amines) is 1. The average molecular weight is 264 g/mol. The van der Waals surface area contributed by atoms with Crippen molar-refractivity contribution in [3.8, 4) is 0 Å². The predicted octanol–water partition coefficient (Wildman–Crippen LogP) is 1.89. The summed E-state index contributed by atoms with van der Waals surface area (Å²) in [5, 5.41) is 5.63. The second-order valence-corrected chi connectivity index (χ2v) is 6.38. The van der Waals surface area contributed by atoms with Crippen molar-refractivity contribution in [2.45, 2.75) is 31.7 Å². The van der Waals surface area contributed by atoms with E-state index in [0.29, 0.717) is 24.3 Å². The number of piperidine rings is 2. The van der Waals surface area contributed by atoms with Gasteiger partial charge in [-0.05, 0) is 43.2 Å². The van der Waals surface area contributed by atoms with E-state index >= 15 is 0 Å². The Morgan fingerprint density at radius 1 is 1.50 bits per heavy atom. The van der Waals surface area contributed by atoms with Crippen molar-refractivity contribution in [1.29, 1.82) is 0 Å². The Morgan fingerprint density at radius 2 is 2.44 bits per heavy atom. The normalized spacial score (nSPS) is 27.9. The quantitative estimate of drug-likeness (QED) is 0.885. The molecule has 0 aromatic carbocycles. The molecule has 98 valence electrons. The van der Waals surface area contributed by atoms with Gasteiger partial charge in [0.05, 0.1) is 6.42 Å². The van der Waals surface area contributed by atoms with Crippen LogP contribution in [0.15, 0.2) is 17.5 Å². The molecule has 1 aromatic rings. The fraction of sp³-hybridized carbons (Fsp3) is 0.643. The van der Waals surface area contributed by atoms with Gasteiger partial charge in [0.15, 0.2) is 0 Å². The van der Waals surface area contributed by atoms with Gasteiger partial charge in [-0.15, -0.1) is 11.3 Å². The second kappa shape index (κ2) is 5.41. The molecule has 1 aromatic heterocycles. The van der Waals surface area contributed by atoms with Crippen LogP contribution >= 0.6 is 11.3 Å².